The van der Waals surface area contributed by atoms with E-state index in [2.05, 4.69) is 10.2 Å². The van der Waals surface area contributed by atoms with Gasteiger partial charge in [-0.05, 0) is 45.0 Å². The lowest BCUT2D eigenvalue weighted by Gasteiger charge is -2.37. The first-order chi connectivity index (χ1) is 12.7. The number of hydrogen-bond donors (Lipinski definition) is 2. The molecule has 0 bridgehead atoms. The second-order valence-electron chi connectivity index (χ2n) is 8.03. The Balaban J connectivity index is 1.74. The standard InChI is InChI=1S/C19H30N4O3S/c1-19(20)9-4-3-8-17(19)18(24)21-15-6-5-7-16(14-15)27(25,26)23-12-10-22(2)11-13-23/h5-7,14,17H,3-4,8-13,20H2,1-2H3,(H,21,24). The van der Waals surface area contributed by atoms with Crippen molar-refractivity contribution in [2.45, 2.75) is 43.0 Å². The molecule has 1 saturated carbocycles. The van der Waals surface area contributed by atoms with Crippen molar-refractivity contribution in [3.05, 3.63) is 24.3 Å². The Kier molecular flexibility index (Phi) is 5.90. The zero-order chi connectivity index (χ0) is 19.7. The third kappa shape index (κ3) is 4.51. The minimum Gasteiger partial charge on any atom is -0.326 e. The van der Waals surface area contributed by atoms with Gasteiger partial charge in [-0.1, -0.05) is 18.9 Å². The molecular formula is C19H30N4O3S. The predicted octanol–water partition coefficient (Wildman–Crippen LogP) is 1.47. The van der Waals surface area contributed by atoms with Crippen molar-refractivity contribution in [1.82, 2.24) is 9.21 Å². The van der Waals surface area contributed by atoms with Crippen molar-refractivity contribution >= 4 is 21.6 Å². The van der Waals surface area contributed by atoms with Crippen LogP contribution in [0.5, 0.6) is 0 Å². The zero-order valence-electron chi connectivity index (χ0n) is 16.1. The van der Waals surface area contributed by atoms with Gasteiger partial charge in [0.15, 0.2) is 0 Å². The number of nitrogens with one attached hydrogen (secondary N) is 1. The van der Waals surface area contributed by atoms with Crippen molar-refractivity contribution in [1.29, 1.82) is 0 Å². The molecule has 2 unspecified atom stereocenters. The molecule has 0 spiro atoms. The normalized spacial score (nSPS) is 28.0. The number of benzene rings is 1. The number of nitrogens with two attached hydrogens (primary N) is 1. The van der Waals surface area contributed by atoms with E-state index >= 15 is 0 Å². The average Bonchev–Trinajstić information content (AvgIpc) is 2.62. The highest BCUT2D eigenvalue weighted by Crippen LogP contribution is 2.32. The lowest BCUT2D eigenvalue weighted by Crippen LogP contribution is -2.51. The van der Waals surface area contributed by atoms with Crippen LogP contribution in [0.25, 0.3) is 0 Å². The Morgan fingerprint density at radius 2 is 1.93 bits per heavy atom. The van der Waals surface area contributed by atoms with E-state index in [9.17, 15) is 13.2 Å². The molecule has 0 aromatic heterocycles. The van der Waals surface area contributed by atoms with E-state index < -0.39 is 15.6 Å². The molecule has 2 fully saturated rings. The molecule has 150 valence electrons. The van der Waals surface area contributed by atoms with E-state index in [0.29, 0.717) is 31.9 Å². The fraction of sp³-hybridized carbons (Fsp3) is 0.632. The number of nitrogens with zero attached hydrogens (tertiary/aromatic N) is 2. The molecule has 1 aliphatic heterocycles. The molecule has 3 N–H and O–H groups in total. The summed E-state index contributed by atoms with van der Waals surface area (Å²) in [4.78, 5) is 15.0. The topological polar surface area (TPSA) is 95.7 Å². The molecule has 1 aromatic carbocycles. The van der Waals surface area contributed by atoms with Crippen molar-refractivity contribution in [2.75, 3.05) is 38.5 Å². The Bertz CT molecular complexity index is 786. The number of carbonyl (C=O) groups excluding carboxylic acids is 1. The second kappa shape index (κ2) is 7.87. The zero-order valence-corrected chi connectivity index (χ0v) is 17.0. The number of anilines is 1. The van der Waals surface area contributed by atoms with Gasteiger partial charge in [0.1, 0.15) is 0 Å². The summed E-state index contributed by atoms with van der Waals surface area (Å²) >= 11 is 0. The first kappa shape index (κ1) is 20.3. The number of sulfonamides is 1. The van der Waals surface area contributed by atoms with Gasteiger partial charge in [-0.3, -0.25) is 4.79 Å². The molecule has 1 amide bonds. The highest BCUT2D eigenvalue weighted by molar-refractivity contribution is 7.89. The number of carbonyl (C=O) groups is 1. The lowest BCUT2D eigenvalue weighted by molar-refractivity contribution is -0.122. The SMILES string of the molecule is CN1CCN(S(=O)(=O)c2cccc(NC(=O)C3CCCCC3(C)N)c2)CC1. The second-order valence-corrected chi connectivity index (χ2v) is 9.97. The molecule has 1 aliphatic carbocycles. The molecule has 0 radical (unpaired) electrons. The smallest absolute Gasteiger partial charge is 0.243 e. The summed E-state index contributed by atoms with van der Waals surface area (Å²) in [5, 5.41) is 2.88. The van der Waals surface area contributed by atoms with Gasteiger partial charge in [-0.25, -0.2) is 8.42 Å². The van der Waals surface area contributed by atoms with Gasteiger partial charge in [0.2, 0.25) is 15.9 Å². The first-order valence-electron chi connectivity index (χ1n) is 9.59. The van der Waals surface area contributed by atoms with Crippen molar-refractivity contribution in [3.8, 4) is 0 Å². The quantitative estimate of drug-likeness (QED) is 0.806. The van der Waals surface area contributed by atoms with E-state index in [1.54, 1.807) is 24.3 Å². The summed E-state index contributed by atoms with van der Waals surface area (Å²) in [5.41, 5.74) is 6.29. The van der Waals surface area contributed by atoms with Crippen LogP contribution in [0.2, 0.25) is 0 Å². The van der Waals surface area contributed by atoms with Gasteiger partial charge < -0.3 is 16.0 Å². The van der Waals surface area contributed by atoms with Crippen molar-refractivity contribution in [2.24, 2.45) is 11.7 Å². The minimum atomic E-state index is -3.56. The maximum Gasteiger partial charge on any atom is 0.243 e. The molecule has 1 heterocycles. The molecule has 1 aromatic rings. The van der Waals surface area contributed by atoms with Crippen LogP contribution in [-0.4, -0.2) is 62.3 Å². The highest BCUT2D eigenvalue weighted by Gasteiger charge is 2.38. The minimum absolute atomic E-state index is 0.131. The van der Waals surface area contributed by atoms with Crippen molar-refractivity contribution in [3.63, 3.8) is 0 Å². The Morgan fingerprint density at radius 1 is 1.22 bits per heavy atom. The summed E-state index contributed by atoms with van der Waals surface area (Å²) in [6.45, 7) is 4.30. The molecule has 7 nitrogen and oxygen atoms in total. The van der Waals surface area contributed by atoms with Gasteiger partial charge >= 0.3 is 0 Å². The maximum absolute atomic E-state index is 12.9. The van der Waals surface area contributed by atoms with Crippen LogP contribution in [0.3, 0.4) is 0 Å². The van der Waals surface area contributed by atoms with E-state index in [-0.39, 0.29) is 16.7 Å². The monoisotopic (exact) mass is 394 g/mol. The van der Waals surface area contributed by atoms with Gasteiger partial charge in [0, 0.05) is 37.4 Å². The van der Waals surface area contributed by atoms with Crippen molar-refractivity contribution < 1.29 is 13.2 Å². The molecule has 8 heteroatoms. The fourth-order valence-corrected chi connectivity index (χ4v) is 5.40. The number of likely N-dealkylation sites (N-methyl/N-ethyl adjacent to an activating group) is 1. The number of hydrogen-bond acceptors (Lipinski definition) is 5. The van der Waals surface area contributed by atoms with Crippen LogP contribution in [0.1, 0.15) is 32.6 Å². The third-order valence-corrected chi connectivity index (χ3v) is 7.67. The summed E-state index contributed by atoms with van der Waals surface area (Å²) < 4.78 is 27.3. The predicted molar refractivity (Wildman–Crippen MR) is 106 cm³/mol. The Labute approximate surface area is 161 Å². The van der Waals surface area contributed by atoms with Crippen LogP contribution in [-0.2, 0) is 14.8 Å². The molecule has 27 heavy (non-hydrogen) atoms. The average molecular weight is 395 g/mol. The fourth-order valence-electron chi connectivity index (χ4n) is 3.93. The number of amides is 1. The van der Waals surface area contributed by atoms with Crippen LogP contribution >= 0.6 is 0 Å². The summed E-state index contributed by atoms with van der Waals surface area (Å²) in [6.07, 6.45) is 3.61. The van der Waals surface area contributed by atoms with E-state index in [0.717, 1.165) is 25.7 Å². The molecule has 2 aliphatic rings. The lowest BCUT2D eigenvalue weighted by atomic mass is 9.74. The van der Waals surface area contributed by atoms with E-state index in [1.807, 2.05) is 14.0 Å². The van der Waals surface area contributed by atoms with Crippen LogP contribution < -0.4 is 11.1 Å². The summed E-state index contributed by atoms with van der Waals surface area (Å²) in [6, 6.07) is 6.51. The van der Waals surface area contributed by atoms with Crippen LogP contribution in [0.15, 0.2) is 29.2 Å². The maximum atomic E-state index is 12.9. The molecule has 3 rings (SSSR count). The molecule has 2 atom stereocenters. The first-order valence-corrected chi connectivity index (χ1v) is 11.0. The molecular weight excluding hydrogens is 364 g/mol. The van der Waals surface area contributed by atoms with Gasteiger partial charge in [-0.15, -0.1) is 0 Å². The van der Waals surface area contributed by atoms with Crippen LogP contribution in [0.4, 0.5) is 5.69 Å². The number of piperazine rings is 1. The largest absolute Gasteiger partial charge is 0.326 e. The van der Waals surface area contributed by atoms with Gasteiger partial charge in [0.25, 0.3) is 0 Å². The van der Waals surface area contributed by atoms with Gasteiger partial charge in [0.05, 0.1) is 10.8 Å². The van der Waals surface area contributed by atoms with E-state index in [4.69, 9.17) is 5.73 Å². The highest BCUT2D eigenvalue weighted by atomic mass is 32.2. The molecule has 1 saturated heterocycles. The van der Waals surface area contributed by atoms with Crippen LogP contribution in [0, 0.1) is 5.92 Å². The Morgan fingerprint density at radius 3 is 2.59 bits per heavy atom. The van der Waals surface area contributed by atoms with E-state index in [1.165, 1.54) is 4.31 Å². The summed E-state index contributed by atoms with van der Waals surface area (Å²) in [5.74, 6) is -0.391. The number of rotatable bonds is 4. The summed E-state index contributed by atoms with van der Waals surface area (Å²) in [7, 11) is -1.58. The Hall–Kier alpha value is -1.48. The third-order valence-electron chi connectivity index (χ3n) is 5.77. The van der Waals surface area contributed by atoms with Gasteiger partial charge in [-0.2, -0.15) is 4.31 Å².